The normalized spacial score (nSPS) is 20.4. The van der Waals surface area contributed by atoms with Crippen molar-refractivity contribution in [3.63, 3.8) is 0 Å². The van der Waals surface area contributed by atoms with Crippen molar-refractivity contribution in [3.8, 4) is 5.88 Å². The topological polar surface area (TPSA) is 47.0 Å². The smallest absolute Gasteiger partial charge is 0.249 e. The van der Waals surface area contributed by atoms with E-state index in [1.807, 2.05) is 6.20 Å². The molecule has 0 amide bonds. The monoisotopic (exact) mass is 267 g/mol. The van der Waals surface area contributed by atoms with Gasteiger partial charge >= 0.3 is 0 Å². The lowest BCUT2D eigenvalue weighted by Gasteiger charge is -2.18. The van der Waals surface area contributed by atoms with Crippen molar-refractivity contribution < 1.29 is 4.74 Å². The van der Waals surface area contributed by atoms with Gasteiger partial charge in [0, 0.05) is 12.5 Å². The summed E-state index contributed by atoms with van der Waals surface area (Å²) in [6, 6.07) is 0. The minimum absolute atomic E-state index is 0.396. The van der Waals surface area contributed by atoms with Crippen LogP contribution in [0.1, 0.15) is 44.7 Å². The van der Waals surface area contributed by atoms with E-state index in [2.05, 4.69) is 34.0 Å². The number of hydrogen-bond acceptors (Lipinski definition) is 5. The Morgan fingerprint density at radius 2 is 2.44 bits per heavy atom. The fourth-order valence-corrected chi connectivity index (χ4v) is 2.49. The van der Waals surface area contributed by atoms with E-state index in [1.54, 1.807) is 0 Å². The van der Waals surface area contributed by atoms with Crippen molar-refractivity contribution in [2.45, 2.75) is 39.0 Å². The van der Waals surface area contributed by atoms with E-state index < -0.39 is 0 Å². The zero-order chi connectivity index (χ0) is 12.8. The Kier molecular flexibility index (Phi) is 4.99. The molecular formula is C13H21N3OS. The third-order valence-electron chi connectivity index (χ3n) is 3.44. The van der Waals surface area contributed by atoms with Crippen LogP contribution in [0.4, 0.5) is 0 Å². The van der Waals surface area contributed by atoms with Crippen molar-refractivity contribution in [3.05, 3.63) is 18.0 Å². The van der Waals surface area contributed by atoms with Gasteiger partial charge in [0.05, 0.1) is 18.3 Å². The first kappa shape index (κ1) is 13.3. The molecule has 1 aromatic heterocycles. The highest BCUT2D eigenvalue weighted by Gasteiger charge is 2.21. The van der Waals surface area contributed by atoms with Gasteiger partial charge in [-0.3, -0.25) is 0 Å². The predicted octanol–water partition coefficient (Wildman–Crippen LogP) is 2.94. The summed E-state index contributed by atoms with van der Waals surface area (Å²) in [5, 5.41) is 3.23. The Hall–Kier alpha value is -1.10. The van der Waals surface area contributed by atoms with Gasteiger partial charge < -0.3 is 10.1 Å². The average molecular weight is 267 g/mol. The number of rotatable bonds is 6. The molecule has 2 atom stereocenters. The van der Waals surface area contributed by atoms with Crippen LogP contribution in [0.25, 0.3) is 0 Å². The molecule has 0 saturated heterocycles. The standard InChI is InChI=1S/C13H21N3OS/c1-3-10(2)6-8-17-13-12(15-18-16-13)11-5-4-7-14-9-11/h4,7,10-11,14H,3,5-6,8-9H2,1-2H3. The molecule has 100 valence electrons. The summed E-state index contributed by atoms with van der Waals surface area (Å²) in [7, 11) is 0. The highest BCUT2D eigenvalue weighted by Crippen LogP contribution is 2.28. The van der Waals surface area contributed by atoms with E-state index in [9.17, 15) is 0 Å². The second-order valence-electron chi connectivity index (χ2n) is 4.85. The third-order valence-corrected chi connectivity index (χ3v) is 3.96. The molecule has 0 aromatic carbocycles. The van der Waals surface area contributed by atoms with Gasteiger partial charge in [-0.2, -0.15) is 4.37 Å². The van der Waals surface area contributed by atoms with Gasteiger partial charge in [-0.05, 0) is 25.0 Å². The molecule has 0 bridgehead atoms. The van der Waals surface area contributed by atoms with Gasteiger partial charge in [-0.15, -0.1) is 4.37 Å². The van der Waals surface area contributed by atoms with E-state index in [4.69, 9.17) is 4.74 Å². The molecule has 18 heavy (non-hydrogen) atoms. The molecule has 1 aliphatic rings. The first-order chi connectivity index (χ1) is 8.81. The molecule has 0 aliphatic carbocycles. The van der Waals surface area contributed by atoms with Crippen molar-refractivity contribution in [1.29, 1.82) is 0 Å². The highest BCUT2D eigenvalue weighted by atomic mass is 32.1. The Morgan fingerprint density at radius 1 is 1.56 bits per heavy atom. The van der Waals surface area contributed by atoms with Crippen LogP contribution in [-0.2, 0) is 0 Å². The van der Waals surface area contributed by atoms with Crippen LogP contribution in [0.2, 0.25) is 0 Å². The first-order valence-corrected chi connectivity index (χ1v) is 7.38. The number of allylic oxidation sites excluding steroid dienone is 1. The van der Waals surface area contributed by atoms with Crippen molar-refractivity contribution in [2.75, 3.05) is 13.2 Å². The first-order valence-electron chi connectivity index (χ1n) is 6.65. The highest BCUT2D eigenvalue weighted by molar-refractivity contribution is 6.99. The van der Waals surface area contributed by atoms with Crippen LogP contribution in [0.5, 0.6) is 5.88 Å². The van der Waals surface area contributed by atoms with Crippen LogP contribution in [0.15, 0.2) is 12.3 Å². The maximum atomic E-state index is 5.79. The van der Waals surface area contributed by atoms with Gasteiger partial charge in [0.2, 0.25) is 5.88 Å². The van der Waals surface area contributed by atoms with Crippen molar-refractivity contribution in [1.82, 2.24) is 14.1 Å². The quantitative estimate of drug-likeness (QED) is 0.861. The Balaban J connectivity index is 1.89. The zero-order valence-corrected chi connectivity index (χ0v) is 11.9. The molecule has 1 aliphatic heterocycles. The molecule has 0 radical (unpaired) electrons. The van der Waals surface area contributed by atoms with Crippen LogP contribution in [0.3, 0.4) is 0 Å². The molecule has 0 fully saturated rings. The summed E-state index contributed by atoms with van der Waals surface area (Å²) in [5.41, 5.74) is 1.01. The summed E-state index contributed by atoms with van der Waals surface area (Å²) >= 11 is 1.25. The van der Waals surface area contributed by atoms with Gasteiger partial charge in [0.15, 0.2) is 0 Å². The predicted molar refractivity (Wildman–Crippen MR) is 74.0 cm³/mol. The molecular weight excluding hydrogens is 246 g/mol. The molecule has 0 spiro atoms. The lowest BCUT2D eigenvalue weighted by Crippen LogP contribution is -2.20. The van der Waals surface area contributed by atoms with E-state index >= 15 is 0 Å². The maximum Gasteiger partial charge on any atom is 0.249 e. The Morgan fingerprint density at radius 3 is 3.17 bits per heavy atom. The SMILES string of the molecule is CCC(C)CCOc1nsnc1C1CC=CNC1. The molecule has 2 rings (SSSR count). The lowest BCUT2D eigenvalue weighted by atomic mass is 10.00. The summed E-state index contributed by atoms with van der Waals surface area (Å²) < 4.78 is 14.4. The van der Waals surface area contributed by atoms with Crippen LogP contribution in [-0.4, -0.2) is 21.9 Å². The minimum atomic E-state index is 0.396. The fourth-order valence-electron chi connectivity index (χ4n) is 1.92. The second kappa shape index (κ2) is 6.73. The Bertz CT molecular complexity index is 391. The van der Waals surface area contributed by atoms with Crippen molar-refractivity contribution in [2.24, 2.45) is 5.92 Å². The number of nitrogens with zero attached hydrogens (tertiary/aromatic N) is 2. The molecule has 1 aromatic rings. The van der Waals surface area contributed by atoms with Gasteiger partial charge in [0.25, 0.3) is 0 Å². The van der Waals surface area contributed by atoms with Crippen molar-refractivity contribution >= 4 is 11.7 Å². The van der Waals surface area contributed by atoms with Gasteiger partial charge in [-0.25, -0.2) is 0 Å². The molecule has 1 N–H and O–H groups in total. The van der Waals surface area contributed by atoms with E-state index in [0.717, 1.165) is 37.6 Å². The Labute approximate surface area is 113 Å². The van der Waals surface area contributed by atoms with E-state index in [-0.39, 0.29) is 0 Å². The van der Waals surface area contributed by atoms with Gasteiger partial charge in [-0.1, -0.05) is 26.3 Å². The van der Waals surface area contributed by atoms with E-state index in [0.29, 0.717) is 11.8 Å². The fraction of sp³-hybridized carbons (Fsp3) is 0.692. The number of aromatic nitrogens is 2. The molecule has 0 saturated carbocycles. The van der Waals surface area contributed by atoms with Crippen LogP contribution in [0, 0.1) is 5.92 Å². The lowest BCUT2D eigenvalue weighted by molar-refractivity contribution is 0.269. The molecule has 2 heterocycles. The third kappa shape index (κ3) is 3.45. The minimum Gasteiger partial charge on any atom is -0.476 e. The molecule has 4 nitrogen and oxygen atoms in total. The maximum absolute atomic E-state index is 5.79. The number of ether oxygens (including phenoxy) is 1. The summed E-state index contributed by atoms with van der Waals surface area (Å²) in [6.45, 7) is 6.12. The summed E-state index contributed by atoms with van der Waals surface area (Å²) in [4.78, 5) is 0. The zero-order valence-electron chi connectivity index (χ0n) is 11.1. The molecule has 5 heteroatoms. The van der Waals surface area contributed by atoms with E-state index in [1.165, 1.54) is 18.1 Å². The number of nitrogens with one attached hydrogen (secondary N) is 1. The van der Waals surface area contributed by atoms with Crippen LogP contribution < -0.4 is 10.1 Å². The van der Waals surface area contributed by atoms with Crippen LogP contribution >= 0.6 is 11.7 Å². The summed E-state index contributed by atoms with van der Waals surface area (Å²) in [5.74, 6) is 1.84. The second-order valence-corrected chi connectivity index (χ2v) is 5.38. The number of hydrogen-bond donors (Lipinski definition) is 1. The van der Waals surface area contributed by atoms with Gasteiger partial charge in [0.1, 0.15) is 5.69 Å². The largest absolute Gasteiger partial charge is 0.476 e. The molecule has 2 unspecified atom stereocenters. The summed E-state index contributed by atoms with van der Waals surface area (Å²) in [6.07, 6.45) is 7.43. The average Bonchev–Trinajstić information content (AvgIpc) is 2.88.